The Balaban J connectivity index is 2.21. The normalized spacial score (nSPS) is 12.0. The topological polar surface area (TPSA) is 82.3 Å². The number of halogens is 1. The number of pyridine rings is 1. The molecule has 1 atom stereocenters. The zero-order chi connectivity index (χ0) is 15.6. The van der Waals surface area contributed by atoms with E-state index in [0.717, 1.165) is 11.3 Å². The van der Waals surface area contributed by atoms with Crippen LogP contribution < -0.4 is 4.74 Å². The van der Waals surface area contributed by atoms with E-state index in [2.05, 4.69) is 4.98 Å². The van der Waals surface area contributed by atoms with Crippen LogP contribution in [0.4, 0.5) is 5.82 Å². The molecule has 21 heavy (non-hydrogen) atoms. The second kappa shape index (κ2) is 6.19. The molecule has 110 valence electrons. The summed E-state index contributed by atoms with van der Waals surface area (Å²) in [5.74, 6) is -0.727. The van der Waals surface area contributed by atoms with Crippen molar-refractivity contribution < 1.29 is 14.5 Å². The van der Waals surface area contributed by atoms with Crippen LogP contribution in [-0.2, 0) is 0 Å². The average molecular weight is 327 g/mol. The maximum atomic E-state index is 12.1. The Hall–Kier alpha value is -1.99. The third kappa shape index (κ3) is 3.56. The Morgan fingerprint density at radius 1 is 1.43 bits per heavy atom. The summed E-state index contributed by atoms with van der Waals surface area (Å²) in [5, 5.41) is 11.0. The lowest BCUT2D eigenvalue weighted by molar-refractivity contribution is -0.390. The van der Waals surface area contributed by atoms with E-state index in [1.165, 1.54) is 13.0 Å². The molecule has 2 aromatic rings. The number of carbonyl (C=O) groups excluding carboxylic acids is 1. The van der Waals surface area contributed by atoms with Crippen molar-refractivity contribution >= 4 is 34.5 Å². The third-order valence-electron chi connectivity index (χ3n) is 2.64. The lowest BCUT2D eigenvalue weighted by Crippen LogP contribution is -2.23. The zero-order valence-corrected chi connectivity index (χ0v) is 12.8. The summed E-state index contributed by atoms with van der Waals surface area (Å²) in [7, 11) is 0. The molecule has 0 spiro atoms. The van der Waals surface area contributed by atoms with Crippen molar-refractivity contribution in [2.75, 3.05) is 0 Å². The average Bonchev–Trinajstić information content (AvgIpc) is 2.86. The summed E-state index contributed by atoms with van der Waals surface area (Å²) < 4.78 is 5.89. The first-order chi connectivity index (χ1) is 9.88. The van der Waals surface area contributed by atoms with Gasteiger partial charge in [0.2, 0.25) is 11.5 Å². The molecule has 0 radical (unpaired) electrons. The fourth-order valence-electron chi connectivity index (χ4n) is 1.64. The van der Waals surface area contributed by atoms with Crippen molar-refractivity contribution in [1.29, 1.82) is 0 Å². The van der Waals surface area contributed by atoms with Crippen LogP contribution in [0, 0.1) is 17.0 Å². The molecule has 0 aliphatic rings. The number of hydrogen-bond acceptors (Lipinski definition) is 6. The fraction of sp³-hybridized carbons (Fsp3) is 0.231. The van der Waals surface area contributed by atoms with Gasteiger partial charge in [0.05, 0.1) is 9.21 Å². The first-order valence-corrected chi connectivity index (χ1v) is 7.16. The van der Waals surface area contributed by atoms with Crippen molar-refractivity contribution in [2.24, 2.45) is 0 Å². The Morgan fingerprint density at radius 3 is 2.71 bits per heavy atom. The van der Waals surface area contributed by atoms with Crippen LogP contribution in [0.25, 0.3) is 0 Å². The van der Waals surface area contributed by atoms with Crippen LogP contribution in [0.15, 0.2) is 24.3 Å². The summed E-state index contributed by atoms with van der Waals surface area (Å²) >= 11 is 6.91. The lowest BCUT2D eigenvalue weighted by atomic mass is 10.2. The van der Waals surface area contributed by atoms with E-state index in [-0.39, 0.29) is 11.5 Å². The molecule has 0 amide bonds. The monoisotopic (exact) mass is 326 g/mol. The number of Topliss-reactive ketones (excluding diaryl/α,β-unsaturated/α-hetero) is 1. The minimum Gasteiger partial charge on any atom is -0.474 e. The highest BCUT2D eigenvalue weighted by Gasteiger charge is 2.24. The number of carbonyl (C=O) groups is 1. The van der Waals surface area contributed by atoms with Gasteiger partial charge in [0.1, 0.15) is 5.69 Å². The largest absolute Gasteiger partial charge is 0.474 e. The molecule has 0 aliphatic carbocycles. The van der Waals surface area contributed by atoms with Gasteiger partial charge in [0.25, 0.3) is 0 Å². The molecule has 0 saturated carbocycles. The molecule has 0 aliphatic heterocycles. The van der Waals surface area contributed by atoms with Crippen LogP contribution in [0.2, 0.25) is 4.34 Å². The molecular weight excluding hydrogens is 316 g/mol. The van der Waals surface area contributed by atoms with Gasteiger partial charge in [-0.25, -0.2) is 0 Å². The number of nitrogens with zero attached hydrogens (tertiary/aromatic N) is 2. The highest BCUT2D eigenvalue weighted by atomic mass is 35.5. The van der Waals surface area contributed by atoms with Gasteiger partial charge in [-0.3, -0.25) is 4.79 Å². The van der Waals surface area contributed by atoms with Crippen molar-refractivity contribution in [3.8, 4) is 5.75 Å². The zero-order valence-electron chi connectivity index (χ0n) is 11.2. The summed E-state index contributed by atoms with van der Waals surface area (Å²) in [6.07, 6.45) is -0.872. The number of aryl methyl sites for hydroxylation is 1. The molecule has 0 aromatic carbocycles. The second-order valence-corrected chi connectivity index (χ2v) is 5.97. The van der Waals surface area contributed by atoms with Gasteiger partial charge in [-0.2, -0.15) is 0 Å². The predicted molar refractivity (Wildman–Crippen MR) is 79.4 cm³/mol. The molecular formula is C13H11ClN2O4S. The first kappa shape index (κ1) is 15.4. The van der Waals surface area contributed by atoms with E-state index in [1.807, 2.05) is 0 Å². The van der Waals surface area contributed by atoms with Crippen molar-refractivity contribution in [1.82, 2.24) is 4.98 Å². The molecule has 1 unspecified atom stereocenters. The quantitative estimate of drug-likeness (QED) is 0.475. The van der Waals surface area contributed by atoms with Crippen LogP contribution >= 0.6 is 22.9 Å². The van der Waals surface area contributed by atoms with E-state index in [4.69, 9.17) is 16.3 Å². The maximum absolute atomic E-state index is 12.1. The Morgan fingerprint density at radius 2 is 2.14 bits per heavy atom. The van der Waals surface area contributed by atoms with Gasteiger partial charge < -0.3 is 14.9 Å². The number of ether oxygens (including phenoxy) is 1. The Bertz CT molecular complexity index is 701. The van der Waals surface area contributed by atoms with E-state index in [9.17, 15) is 14.9 Å². The highest BCUT2D eigenvalue weighted by Crippen LogP contribution is 2.27. The number of thiophene rings is 1. The second-order valence-electron chi connectivity index (χ2n) is 4.26. The highest BCUT2D eigenvalue weighted by molar-refractivity contribution is 7.18. The summed E-state index contributed by atoms with van der Waals surface area (Å²) in [6, 6.07) is 6.23. The summed E-state index contributed by atoms with van der Waals surface area (Å²) in [4.78, 5) is 26.7. The van der Waals surface area contributed by atoms with Gasteiger partial charge in [0, 0.05) is 6.92 Å². The van der Waals surface area contributed by atoms with Crippen molar-refractivity contribution in [3.63, 3.8) is 0 Å². The molecule has 2 rings (SSSR count). The van der Waals surface area contributed by atoms with Gasteiger partial charge in [-0.15, -0.1) is 11.3 Å². The third-order valence-corrected chi connectivity index (χ3v) is 3.89. The number of aromatic nitrogens is 1. The van der Waals surface area contributed by atoms with Crippen LogP contribution in [0.1, 0.15) is 22.3 Å². The fourth-order valence-corrected chi connectivity index (χ4v) is 2.71. The molecule has 0 fully saturated rings. The standard InChI is InChI=1S/C13H11ClN2O4S/c1-7-3-4-9(13(15-7)16(18)19)20-8(2)12(17)10-5-6-11(14)21-10/h3-6,8H,1-2H3. The van der Waals surface area contributed by atoms with Crippen molar-refractivity contribution in [2.45, 2.75) is 20.0 Å². The number of rotatable bonds is 5. The Kier molecular flexibility index (Phi) is 4.54. The summed E-state index contributed by atoms with van der Waals surface area (Å²) in [6.45, 7) is 3.17. The molecule has 2 aromatic heterocycles. The maximum Gasteiger partial charge on any atom is 0.406 e. The lowest BCUT2D eigenvalue weighted by Gasteiger charge is -2.12. The van der Waals surface area contributed by atoms with Gasteiger partial charge in [-0.05, 0) is 41.1 Å². The Labute approximate surface area is 129 Å². The van der Waals surface area contributed by atoms with Gasteiger partial charge >= 0.3 is 5.82 Å². The van der Waals surface area contributed by atoms with Crippen LogP contribution in [0.3, 0.4) is 0 Å². The predicted octanol–water partition coefficient (Wildman–Crippen LogP) is 3.66. The molecule has 2 heterocycles. The van der Waals surface area contributed by atoms with E-state index in [1.54, 1.807) is 25.1 Å². The number of ketones is 1. The molecule has 0 saturated heterocycles. The van der Waals surface area contributed by atoms with E-state index < -0.39 is 16.8 Å². The van der Waals surface area contributed by atoms with Crippen LogP contribution in [0.5, 0.6) is 5.75 Å². The minimum absolute atomic E-state index is 0.0332. The molecule has 8 heteroatoms. The van der Waals surface area contributed by atoms with Gasteiger partial charge in [-0.1, -0.05) is 11.6 Å². The molecule has 0 N–H and O–H groups in total. The van der Waals surface area contributed by atoms with E-state index >= 15 is 0 Å². The van der Waals surface area contributed by atoms with Crippen molar-refractivity contribution in [3.05, 3.63) is 49.3 Å². The minimum atomic E-state index is -0.872. The molecule has 0 bridgehead atoms. The number of hydrogen-bond donors (Lipinski definition) is 0. The first-order valence-electron chi connectivity index (χ1n) is 5.96. The van der Waals surface area contributed by atoms with Crippen LogP contribution in [-0.4, -0.2) is 21.8 Å². The number of nitro groups is 1. The van der Waals surface area contributed by atoms with Gasteiger partial charge in [0.15, 0.2) is 6.10 Å². The SMILES string of the molecule is Cc1ccc(OC(C)C(=O)c2ccc(Cl)s2)c([N+](=O)[O-])n1. The van der Waals surface area contributed by atoms with E-state index in [0.29, 0.717) is 14.9 Å². The molecule has 6 nitrogen and oxygen atoms in total. The smallest absolute Gasteiger partial charge is 0.406 e. The summed E-state index contributed by atoms with van der Waals surface area (Å²) in [5.41, 5.74) is 0.498.